The number of anilines is 1. The standard InChI is InChI=1S/C12H7Cl2N3S.Fe/c13-6-2-1-3-7(15)9(6)12-17-8-4-5-16-11(14)10(8)18-12;/h1-5H,15H2;. The Bertz CT molecular complexity index is 725. The topological polar surface area (TPSA) is 51.8 Å². The monoisotopic (exact) mass is 351 g/mol. The van der Waals surface area contributed by atoms with Gasteiger partial charge in [0.25, 0.3) is 0 Å². The fraction of sp³-hybridized carbons (Fsp3) is 0. The van der Waals surface area contributed by atoms with E-state index in [1.807, 2.05) is 12.1 Å². The molecule has 1 aromatic carbocycles. The van der Waals surface area contributed by atoms with Crippen LogP contribution >= 0.6 is 34.5 Å². The van der Waals surface area contributed by atoms with Gasteiger partial charge in [0.15, 0.2) is 0 Å². The smallest absolute Gasteiger partial charge is 0.148 e. The van der Waals surface area contributed by atoms with Crippen molar-refractivity contribution in [3.63, 3.8) is 0 Å². The summed E-state index contributed by atoms with van der Waals surface area (Å²) in [5.74, 6) is 0. The molecule has 19 heavy (non-hydrogen) atoms. The van der Waals surface area contributed by atoms with Crippen LogP contribution in [0.2, 0.25) is 10.2 Å². The van der Waals surface area contributed by atoms with Gasteiger partial charge in [0.1, 0.15) is 10.2 Å². The molecular weight excluding hydrogens is 345 g/mol. The van der Waals surface area contributed by atoms with Crippen LogP contribution in [0.5, 0.6) is 0 Å². The van der Waals surface area contributed by atoms with Gasteiger partial charge in [0.05, 0.1) is 20.8 Å². The summed E-state index contributed by atoms with van der Waals surface area (Å²) in [4.78, 5) is 8.53. The van der Waals surface area contributed by atoms with Gasteiger partial charge in [0, 0.05) is 29.0 Å². The van der Waals surface area contributed by atoms with Crippen LogP contribution in [0.3, 0.4) is 0 Å². The number of nitrogens with zero attached hydrogens (tertiary/aromatic N) is 2. The van der Waals surface area contributed by atoms with Crippen molar-refractivity contribution in [1.82, 2.24) is 9.97 Å². The van der Waals surface area contributed by atoms with Gasteiger partial charge >= 0.3 is 0 Å². The van der Waals surface area contributed by atoms with E-state index < -0.39 is 0 Å². The van der Waals surface area contributed by atoms with Crippen molar-refractivity contribution in [1.29, 1.82) is 0 Å². The number of fused-ring (bicyclic) bond motifs is 1. The zero-order chi connectivity index (χ0) is 12.7. The van der Waals surface area contributed by atoms with Crippen molar-refractivity contribution in [2.24, 2.45) is 0 Å². The number of rotatable bonds is 1. The Hall–Kier alpha value is -0.841. The van der Waals surface area contributed by atoms with Crippen LogP contribution in [-0.2, 0) is 17.1 Å². The molecule has 0 unspecified atom stereocenters. The number of halogens is 2. The molecule has 2 heterocycles. The molecular formula is C12H7Cl2FeN3S. The number of hydrogen-bond donors (Lipinski definition) is 1. The minimum Gasteiger partial charge on any atom is -0.398 e. The third-order valence-corrected chi connectivity index (χ3v) is 4.33. The van der Waals surface area contributed by atoms with Crippen LogP contribution in [-0.4, -0.2) is 9.97 Å². The summed E-state index contributed by atoms with van der Waals surface area (Å²) in [5, 5.41) is 1.78. The molecule has 0 amide bonds. The molecule has 7 heteroatoms. The molecule has 3 nitrogen and oxygen atoms in total. The minimum absolute atomic E-state index is 0. The Balaban J connectivity index is 0.00000133. The molecule has 0 saturated carbocycles. The zero-order valence-corrected chi connectivity index (χ0v) is 12.8. The van der Waals surface area contributed by atoms with E-state index >= 15 is 0 Å². The number of benzene rings is 1. The number of nitrogens with two attached hydrogens (primary N) is 1. The van der Waals surface area contributed by atoms with Crippen molar-refractivity contribution >= 4 is 50.4 Å². The van der Waals surface area contributed by atoms with E-state index in [9.17, 15) is 0 Å². The minimum atomic E-state index is 0. The maximum Gasteiger partial charge on any atom is 0.148 e. The number of hydrogen-bond acceptors (Lipinski definition) is 4. The molecule has 2 aromatic heterocycles. The van der Waals surface area contributed by atoms with Gasteiger partial charge in [-0.05, 0) is 18.2 Å². The molecule has 0 aliphatic carbocycles. The quantitative estimate of drug-likeness (QED) is 0.405. The number of aromatic nitrogens is 2. The maximum absolute atomic E-state index is 6.17. The van der Waals surface area contributed by atoms with E-state index in [4.69, 9.17) is 28.9 Å². The average molecular weight is 352 g/mol. The third-order valence-electron chi connectivity index (χ3n) is 2.52. The molecule has 0 fully saturated rings. The van der Waals surface area contributed by atoms with Crippen molar-refractivity contribution < 1.29 is 17.1 Å². The van der Waals surface area contributed by atoms with E-state index in [1.165, 1.54) is 11.3 Å². The van der Waals surface area contributed by atoms with E-state index in [0.717, 1.165) is 20.8 Å². The molecule has 3 rings (SSSR count). The van der Waals surface area contributed by atoms with Gasteiger partial charge in [-0.1, -0.05) is 29.3 Å². The first-order valence-corrected chi connectivity index (χ1v) is 6.69. The molecule has 0 aliphatic heterocycles. The Labute approximate surface area is 134 Å². The van der Waals surface area contributed by atoms with Crippen LogP contribution in [0.1, 0.15) is 0 Å². The van der Waals surface area contributed by atoms with E-state index in [0.29, 0.717) is 15.9 Å². The molecule has 0 spiro atoms. The van der Waals surface area contributed by atoms with Gasteiger partial charge in [-0.15, -0.1) is 11.3 Å². The molecule has 0 atom stereocenters. The Kier molecular flexibility index (Phi) is 4.33. The first-order chi connectivity index (χ1) is 8.66. The Morgan fingerprint density at radius 1 is 1.16 bits per heavy atom. The Morgan fingerprint density at radius 2 is 1.95 bits per heavy atom. The zero-order valence-electron chi connectivity index (χ0n) is 9.38. The molecule has 0 saturated heterocycles. The molecule has 0 aliphatic rings. The van der Waals surface area contributed by atoms with Crippen molar-refractivity contribution in [2.45, 2.75) is 0 Å². The summed E-state index contributed by atoms with van der Waals surface area (Å²) < 4.78 is 0.841. The molecule has 0 bridgehead atoms. The van der Waals surface area contributed by atoms with E-state index in [1.54, 1.807) is 18.3 Å². The Morgan fingerprint density at radius 3 is 2.63 bits per heavy atom. The van der Waals surface area contributed by atoms with Gasteiger partial charge in [-0.2, -0.15) is 0 Å². The SMILES string of the molecule is Nc1cccc(Cl)c1-c1nc2ccnc(Cl)c2s1.[Fe]. The summed E-state index contributed by atoms with van der Waals surface area (Å²) in [7, 11) is 0. The summed E-state index contributed by atoms with van der Waals surface area (Å²) in [5.41, 5.74) is 8.10. The number of pyridine rings is 1. The first kappa shape index (κ1) is 14.6. The van der Waals surface area contributed by atoms with Crippen molar-refractivity contribution in [3.05, 3.63) is 40.6 Å². The fourth-order valence-electron chi connectivity index (χ4n) is 1.70. The number of nitrogen functional groups attached to an aromatic ring is 1. The summed E-state index contributed by atoms with van der Waals surface area (Å²) in [6, 6.07) is 7.21. The number of thiazole rings is 1. The largest absolute Gasteiger partial charge is 0.398 e. The van der Waals surface area contributed by atoms with Crippen LogP contribution in [0.25, 0.3) is 20.8 Å². The van der Waals surface area contributed by atoms with Gasteiger partial charge < -0.3 is 5.73 Å². The first-order valence-electron chi connectivity index (χ1n) is 5.12. The maximum atomic E-state index is 6.17. The van der Waals surface area contributed by atoms with Crippen LogP contribution < -0.4 is 5.73 Å². The fourth-order valence-corrected chi connectivity index (χ4v) is 3.32. The molecule has 98 valence electrons. The average Bonchev–Trinajstić information content (AvgIpc) is 2.74. The van der Waals surface area contributed by atoms with Crippen molar-refractivity contribution in [3.8, 4) is 10.6 Å². The summed E-state index contributed by atoms with van der Waals surface area (Å²) >= 11 is 13.6. The van der Waals surface area contributed by atoms with E-state index in [-0.39, 0.29) is 17.1 Å². The van der Waals surface area contributed by atoms with Crippen LogP contribution in [0.4, 0.5) is 5.69 Å². The molecule has 2 N–H and O–H groups in total. The molecule has 3 aromatic rings. The predicted octanol–water partition coefficient (Wildman–Crippen LogP) is 4.24. The second-order valence-corrected chi connectivity index (χ2v) is 5.44. The summed E-state index contributed by atoms with van der Waals surface area (Å²) in [6.07, 6.45) is 1.63. The van der Waals surface area contributed by atoms with E-state index in [2.05, 4.69) is 9.97 Å². The van der Waals surface area contributed by atoms with Gasteiger partial charge in [-0.3, -0.25) is 0 Å². The predicted molar refractivity (Wildman–Crippen MR) is 77.3 cm³/mol. The second-order valence-electron chi connectivity index (χ2n) is 3.67. The third kappa shape index (κ3) is 2.57. The van der Waals surface area contributed by atoms with Crippen LogP contribution in [0.15, 0.2) is 30.5 Å². The van der Waals surface area contributed by atoms with Gasteiger partial charge in [0.2, 0.25) is 0 Å². The van der Waals surface area contributed by atoms with Gasteiger partial charge in [-0.25, -0.2) is 9.97 Å². The molecule has 0 radical (unpaired) electrons. The summed E-state index contributed by atoms with van der Waals surface area (Å²) in [6.45, 7) is 0. The van der Waals surface area contributed by atoms with Crippen LogP contribution in [0, 0.1) is 0 Å². The second kappa shape index (κ2) is 5.65. The van der Waals surface area contributed by atoms with Crippen molar-refractivity contribution in [2.75, 3.05) is 5.73 Å². The normalized spacial score (nSPS) is 10.4.